The van der Waals surface area contributed by atoms with Crippen LogP contribution in [-0.4, -0.2) is 17.7 Å². The molecular formula is C20H16O3. The van der Waals surface area contributed by atoms with Gasteiger partial charge in [0.05, 0.1) is 11.0 Å². The van der Waals surface area contributed by atoms with E-state index in [4.69, 9.17) is 4.74 Å². The largest absolute Gasteiger partial charge is 0.492 e. The van der Waals surface area contributed by atoms with E-state index in [1.54, 1.807) is 18.2 Å². The quantitative estimate of drug-likeness (QED) is 0.770. The van der Waals surface area contributed by atoms with Gasteiger partial charge in [-0.3, -0.25) is 0 Å². The van der Waals surface area contributed by atoms with Gasteiger partial charge in [-0.25, -0.2) is 4.79 Å². The summed E-state index contributed by atoms with van der Waals surface area (Å²) in [5.74, 6) is -0.147. The summed E-state index contributed by atoms with van der Waals surface area (Å²) in [7, 11) is 0. The van der Waals surface area contributed by atoms with Gasteiger partial charge in [-0.15, -0.1) is 0 Å². The Morgan fingerprint density at radius 3 is 2.61 bits per heavy atom. The highest BCUT2D eigenvalue weighted by atomic mass is 16.5. The summed E-state index contributed by atoms with van der Waals surface area (Å²) < 4.78 is 5.82. The van der Waals surface area contributed by atoms with Gasteiger partial charge in [0.2, 0.25) is 0 Å². The number of aromatic carboxylic acids is 1. The first-order valence-corrected chi connectivity index (χ1v) is 7.58. The molecule has 1 N–H and O–H groups in total. The van der Waals surface area contributed by atoms with Gasteiger partial charge in [0.1, 0.15) is 12.4 Å². The lowest BCUT2D eigenvalue weighted by molar-refractivity contribution is 0.0697. The molecule has 23 heavy (non-hydrogen) atoms. The summed E-state index contributed by atoms with van der Waals surface area (Å²) in [5, 5.41) is 11.6. The van der Waals surface area contributed by atoms with Crippen molar-refractivity contribution < 1.29 is 14.6 Å². The van der Waals surface area contributed by atoms with Crippen LogP contribution in [0.15, 0.2) is 60.7 Å². The molecule has 0 aliphatic carbocycles. The molecule has 0 aromatic heterocycles. The summed E-state index contributed by atoms with van der Waals surface area (Å²) in [6, 6.07) is 19.7. The van der Waals surface area contributed by atoms with E-state index in [-0.39, 0.29) is 5.41 Å². The Morgan fingerprint density at radius 2 is 1.83 bits per heavy atom. The van der Waals surface area contributed by atoms with E-state index in [1.807, 2.05) is 12.1 Å². The molecule has 0 radical (unpaired) electrons. The molecule has 1 aliphatic heterocycles. The molecule has 3 aromatic rings. The van der Waals surface area contributed by atoms with Crippen molar-refractivity contribution in [1.29, 1.82) is 0 Å². The van der Waals surface area contributed by atoms with E-state index >= 15 is 0 Å². The highest BCUT2D eigenvalue weighted by Gasteiger charge is 2.38. The van der Waals surface area contributed by atoms with Gasteiger partial charge in [0.25, 0.3) is 0 Å². The number of hydrogen-bond acceptors (Lipinski definition) is 2. The maximum atomic E-state index is 11.3. The van der Waals surface area contributed by atoms with Crippen LogP contribution >= 0.6 is 0 Å². The zero-order chi connectivity index (χ0) is 16.0. The molecule has 114 valence electrons. The zero-order valence-electron chi connectivity index (χ0n) is 12.7. The summed E-state index contributed by atoms with van der Waals surface area (Å²) in [6.07, 6.45) is 0. The smallest absolute Gasteiger partial charge is 0.335 e. The first-order chi connectivity index (χ1) is 11.1. The molecule has 1 atom stereocenters. The number of carbonyl (C=O) groups is 1. The third-order valence-electron chi connectivity index (χ3n) is 4.72. The van der Waals surface area contributed by atoms with Crippen LogP contribution in [0, 0.1) is 0 Å². The minimum absolute atomic E-state index is 0.293. The van der Waals surface area contributed by atoms with Gasteiger partial charge in [-0.1, -0.05) is 42.5 Å². The van der Waals surface area contributed by atoms with Crippen molar-refractivity contribution in [2.45, 2.75) is 12.3 Å². The van der Waals surface area contributed by atoms with E-state index in [2.05, 4.69) is 37.3 Å². The Morgan fingerprint density at radius 1 is 1.04 bits per heavy atom. The predicted octanol–water partition coefficient (Wildman–Crippen LogP) is 4.24. The Balaban J connectivity index is 1.88. The number of carboxylic acid groups (broad SMARTS) is 1. The van der Waals surface area contributed by atoms with Crippen molar-refractivity contribution in [2.24, 2.45) is 0 Å². The molecule has 3 heteroatoms. The molecule has 4 rings (SSSR count). The minimum atomic E-state index is -0.916. The van der Waals surface area contributed by atoms with E-state index in [0.717, 1.165) is 16.9 Å². The molecule has 1 heterocycles. The summed E-state index contributed by atoms with van der Waals surface area (Å²) in [6.45, 7) is 2.62. The zero-order valence-corrected chi connectivity index (χ0v) is 12.7. The van der Waals surface area contributed by atoms with Crippen molar-refractivity contribution in [3.05, 3.63) is 77.4 Å². The van der Waals surface area contributed by atoms with Gasteiger partial charge >= 0.3 is 5.97 Å². The van der Waals surface area contributed by atoms with Gasteiger partial charge < -0.3 is 9.84 Å². The number of ether oxygens (including phenoxy) is 1. The summed E-state index contributed by atoms with van der Waals surface area (Å²) >= 11 is 0. The standard InChI is InChI=1S/C20H16O3/c1-20(16-8-6-13-4-2-3-5-14(13)10-16)12-23-18-9-7-15(19(21)22)11-17(18)20/h2-11H,12H2,1H3,(H,21,22). The van der Waals surface area contributed by atoms with Crippen molar-refractivity contribution >= 4 is 16.7 Å². The second-order valence-electron chi connectivity index (χ2n) is 6.20. The van der Waals surface area contributed by atoms with Crippen molar-refractivity contribution in [1.82, 2.24) is 0 Å². The van der Waals surface area contributed by atoms with Crippen LogP contribution in [0.5, 0.6) is 5.75 Å². The SMILES string of the molecule is CC1(c2ccc3ccccc3c2)COc2ccc(C(=O)O)cc21. The van der Waals surface area contributed by atoms with Gasteiger partial charge in [-0.05, 0) is 41.5 Å². The molecule has 0 amide bonds. The van der Waals surface area contributed by atoms with Gasteiger partial charge in [-0.2, -0.15) is 0 Å². The lowest BCUT2D eigenvalue weighted by Crippen LogP contribution is -2.25. The fraction of sp³-hybridized carbons (Fsp3) is 0.150. The molecule has 3 nitrogen and oxygen atoms in total. The van der Waals surface area contributed by atoms with E-state index in [1.165, 1.54) is 10.8 Å². The topological polar surface area (TPSA) is 46.5 Å². The first-order valence-electron chi connectivity index (χ1n) is 7.58. The number of rotatable bonds is 2. The van der Waals surface area contributed by atoms with Gasteiger partial charge in [0.15, 0.2) is 0 Å². The van der Waals surface area contributed by atoms with Crippen LogP contribution in [0.4, 0.5) is 0 Å². The average molecular weight is 304 g/mol. The minimum Gasteiger partial charge on any atom is -0.492 e. The fourth-order valence-electron chi connectivity index (χ4n) is 3.29. The van der Waals surface area contributed by atoms with Crippen LogP contribution in [0.1, 0.15) is 28.4 Å². The molecule has 0 bridgehead atoms. The number of benzene rings is 3. The second kappa shape index (κ2) is 4.85. The molecule has 1 unspecified atom stereocenters. The first kappa shape index (κ1) is 13.8. The lowest BCUT2D eigenvalue weighted by atomic mass is 9.77. The number of carboxylic acids is 1. The van der Waals surface area contributed by atoms with Crippen LogP contribution < -0.4 is 4.74 Å². The van der Waals surface area contributed by atoms with Crippen LogP contribution in [-0.2, 0) is 5.41 Å². The van der Waals surface area contributed by atoms with Gasteiger partial charge in [0, 0.05) is 5.56 Å². The third kappa shape index (κ3) is 2.08. The van der Waals surface area contributed by atoms with Crippen molar-refractivity contribution in [2.75, 3.05) is 6.61 Å². The van der Waals surface area contributed by atoms with E-state index in [0.29, 0.717) is 12.2 Å². The normalized spacial score (nSPS) is 19.3. The number of fused-ring (bicyclic) bond motifs is 2. The second-order valence-corrected chi connectivity index (χ2v) is 6.20. The lowest BCUT2D eigenvalue weighted by Gasteiger charge is -2.24. The Labute approximate surface area is 134 Å². The Hall–Kier alpha value is -2.81. The number of hydrogen-bond donors (Lipinski definition) is 1. The maximum Gasteiger partial charge on any atom is 0.335 e. The predicted molar refractivity (Wildman–Crippen MR) is 89.3 cm³/mol. The van der Waals surface area contributed by atoms with Crippen molar-refractivity contribution in [3.8, 4) is 5.75 Å². The molecular weight excluding hydrogens is 288 g/mol. The molecule has 0 spiro atoms. The highest BCUT2D eigenvalue weighted by Crippen LogP contribution is 2.44. The molecule has 0 saturated heterocycles. The van der Waals surface area contributed by atoms with E-state index in [9.17, 15) is 9.90 Å². The molecule has 3 aromatic carbocycles. The summed E-state index contributed by atoms with van der Waals surface area (Å²) in [4.78, 5) is 11.3. The summed E-state index contributed by atoms with van der Waals surface area (Å²) in [5.41, 5.74) is 2.02. The van der Waals surface area contributed by atoms with Crippen LogP contribution in [0.2, 0.25) is 0 Å². The average Bonchev–Trinajstić information content (AvgIpc) is 2.92. The molecule has 0 fully saturated rings. The Kier molecular flexibility index (Phi) is 2.91. The molecule has 1 aliphatic rings. The fourth-order valence-corrected chi connectivity index (χ4v) is 3.29. The highest BCUT2D eigenvalue weighted by molar-refractivity contribution is 5.88. The monoisotopic (exact) mass is 304 g/mol. The third-order valence-corrected chi connectivity index (χ3v) is 4.72. The van der Waals surface area contributed by atoms with Crippen LogP contribution in [0.25, 0.3) is 10.8 Å². The van der Waals surface area contributed by atoms with E-state index < -0.39 is 5.97 Å². The Bertz CT molecular complexity index is 929. The van der Waals surface area contributed by atoms with Crippen molar-refractivity contribution in [3.63, 3.8) is 0 Å². The van der Waals surface area contributed by atoms with Crippen LogP contribution in [0.3, 0.4) is 0 Å². The molecule has 0 saturated carbocycles. The maximum absolute atomic E-state index is 11.3.